The molecule has 1 aromatic heterocycles. The van der Waals surface area contributed by atoms with Gasteiger partial charge in [-0.3, -0.25) is 20.0 Å². The molecule has 0 saturated heterocycles. The Kier molecular flexibility index (Phi) is 4.44. The number of aryl methyl sites for hydroxylation is 1. The second-order valence-electron chi connectivity index (χ2n) is 6.53. The number of hydrogen-bond acceptors (Lipinski definition) is 5. The summed E-state index contributed by atoms with van der Waals surface area (Å²) in [6.45, 7) is 1.68. The van der Waals surface area contributed by atoms with Crippen molar-refractivity contribution >= 4 is 17.3 Å². The van der Waals surface area contributed by atoms with E-state index in [1.165, 1.54) is 17.7 Å². The van der Waals surface area contributed by atoms with E-state index in [1.54, 1.807) is 19.1 Å². The third kappa shape index (κ3) is 3.16. The van der Waals surface area contributed by atoms with Gasteiger partial charge in [0.25, 0.3) is 11.6 Å². The summed E-state index contributed by atoms with van der Waals surface area (Å²) in [6.07, 6.45) is 1.57. The first-order valence-corrected chi connectivity index (χ1v) is 8.79. The number of fused-ring (bicyclic) bond motifs is 3. The van der Waals surface area contributed by atoms with Gasteiger partial charge in [0.1, 0.15) is 5.69 Å². The Bertz CT molecular complexity index is 1120. The highest BCUT2D eigenvalue weighted by Crippen LogP contribution is 2.33. The Balaban J connectivity index is 1.56. The van der Waals surface area contributed by atoms with Crippen molar-refractivity contribution in [3.05, 3.63) is 81.0 Å². The molecule has 1 heterocycles. The maximum atomic E-state index is 12.6. The number of hydrogen-bond donors (Lipinski definition) is 2. The van der Waals surface area contributed by atoms with E-state index in [4.69, 9.17) is 0 Å². The number of carbonyl (C=O) groups is 1. The fourth-order valence-corrected chi connectivity index (χ4v) is 3.35. The van der Waals surface area contributed by atoms with Gasteiger partial charge in [-0.05, 0) is 25.3 Å². The van der Waals surface area contributed by atoms with Crippen molar-refractivity contribution in [3.8, 4) is 11.3 Å². The summed E-state index contributed by atoms with van der Waals surface area (Å²) in [4.78, 5) is 23.0. The molecular formula is C20H17N5O3. The zero-order chi connectivity index (χ0) is 19.7. The molecule has 1 aliphatic rings. The third-order valence-electron chi connectivity index (χ3n) is 4.81. The minimum Gasteiger partial charge on any atom is -0.272 e. The van der Waals surface area contributed by atoms with Gasteiger partial charge in [0.05, 0.1) is 16.3 Å². The summed E-state index contributed by atoms with van der Waals surface area (Å²) >= 11 is 0. The van der Waals surface area contributed by atoms with E-state index in [2.05, 4.69) is 26.8 Å². The highest BCUT2D eigenvalue weighted by atomic mass is 16.6. The number of non-ortho nitro benzene ring substituents is 1. The van der Waals surface area contributed by atoms with Crippen molar-refractivity contribution in [3.63, 3.8) is 0 Å². The number of benzene rings is 2. The van der Waals surface area contributed by atoms with E-state index in [9.17, 15) is 14.9 Å². The molecule has 1 aliphatic carbocycles. The van der Waals surface area contributed by atoms with Gasteiger partial charge in [-0.1, -0.05) is 36.4 Å². The van der Waals surface area contributed by atoms with Crippen LogP contribution in [0.5, 0.6) is 0 Å². The Labute approximate surface area is 160 Å². The maximum absolute atomic E-state index is 12.6. The van der Waals surface area contributed by atoms with Gasteiger partial charge in [-0.25, -0.2) is 5.43 Å². The number of carbonyl (C=O) groups excluding carboxylic acids is 1. The molecule has 0 aliphatic heterocycles. The molecule has 0 atom stereocenters. The second kappa shape index (κ2) is 7.07. The maximum Gasteiger partial charge on any atom is 0.289 e. The van der Waals surface area contributed by atoms with Crippen molar-refractivity contribution in [1.82, 2.24) is 15.6 Å². The van der Waals surface area contributed by atoms with Crippen molar-refractivity contribution in [1.29, 1.82) is 0 Å². The number of amides is 1. The van der Waals surface area contributed by atoms with Crippen LogP contribution in [0.15, 0.2) is 53.6 Å². The summed E-state index contributed by atoms with van der Waals surface area (Å²) in [5.41, 5.74) is 7.83. The van der Waals surface area contributed by atoms with Crippen LogP contribution in [0.1, 0.15) is 34.1 Å². The first-order valence-electron chi connectivity index (χ1n) is 8.79. The van der Waals surface area contributed by atoms with Gasteiger partial charge < -0.3 is 0 Å². The highest BCUT2D eigenvalue weighted by molar-refractivity contribution is 6.01. The van der Waals surface area contributed by atoms with Gasteiger partial charge in [-0.2, -0.15) is 10.2 Å². The molecule has 1 amide bonds. The molecule has 0 radical (unpaired) electrons. The number of nitro groups is 1. The van der Waals surface area contributed by atoms with E-state index >= 15 is 0 Å². The Morgan fingerprint density at radius 2 is 2.04 bits per heavy atom. The third-order valence-corrected chi connectivity index (χ3v) is 4.81. The molecule has 2 N–H and O–H groups in total. The lowest BCUT2D eigenvalue weighted by Gasteiger charge is -2.15. The molecule has 8 nitrogen and oxygen atoms in total. The van der Waals surface area contributed by atoms with Crippen LogP contribution in [-0.4, -0.2) is 26.7 Å². The molecule has 0 bridgehead atoms. The Hall–Kier alpha value is -3.81. The fraction of sp³-hybridized carbons (Fsp3) is 0.150. The number of aromatic amines is 1. The van der Waals surface area contributed by atoms with Crippen LogP contribution < -0.4 is 5.43 Å². The standard InChI is InChI=1S/C20H17N5O3/c1-12(14-6-4-7-15(11-14)25(27)28)21-24-20(26)19-17-10-9-13-5-2-3-8-16(13)18(17)22-23-19/h2-8,11H,9-10H2,1H3,(H,22,23)(H,24,26)/b21-12+. The first kappa shape index (κ1) is 17.6. The first-order chi connectivity index (χ1) is 13.5. The van der Waals surface area contributed by atoms with Gasteiger partial charge in [0.2, 0.25) is 0 Å². The van der Waals surface area contributed by atoms with E-state index in [1.807, 2.05) is 18.2 Å². The zero-order valence-electron chi connectivity index (χ0n) is 15.1. The lowest BCUT2D eigenvalue weighted by Crippen LogP contribution is -2.21. The van der Waals surface area contributed by atoms with Crippen LogP contribution in [0.25, 0.3) is 11.3 Å². The van der Waals surface area contributed by atoms with Crippen LogP contribution in [0.3, 0.4) is 0 Å². The second-order valence-corrected chi connectivity index (χ2v) is 6.53. The van der Waals surface area contributed by atoms with Gasteiger partial charge >= 0.3 is 0 Å². The summed E-state index contributed by atoms with van der Waals surface area (Å²) in [7, 11) is 0. The molecule has 2 aromatic carbocycles. The van der Waals surface area contributed by atoms with Crippen LogP contribution in [0.2, 0.25) is 0 Å². The number of nitrogens with one attached hydrogen (secondary N) is 2. The average Bonchev–Trinajstić information content (AvgIpc) is 3.16. The average molecular weight is 375 g/mol. The van der Waals surface area contributed by atoms with Crippen LogP contribution in [0.4, 0.5) is 5.69 Å². The van der Waals surface area contributed by atoms with Crippen molar-refractivity contribution < 1.29 is 9.72 Å². The number of H-pyrrole nitrogens is 1. The minimum atomic E-state index is -0.468. The number of aromatic nitrogens is 2. The van der Waals surface area contributed by atoms with Crippen LogP contribution >= 0.6 is 0 Å². The topological polar surface area (TPSA) is 113 Å². The summed E-state index contributed by atoms with van der Waals surface area (Å²) in [5.74, 6) is -0.391. The number of rotatable bonds is 4. The lowest BCUT2D eigenvalue weighted by atomic mass is 9.89. The minimum absolute atomic E-state index is 0.0281. The summed E-state index contributed by atoms with van der Waals surface area (Å²) in [5, 5.41) is 22.1. The summed E-state index contributed by atoms with van der Waals surface area (Å²) < 4.78 is 0. The highest BCUT2D eigenvalue weighted by Gasteiger charge is 2.24. The predicted octanol–water partition coefficient (Wildman–Crippen LogP) is 3.24. The van der Waals surface area contributed by atoms with E-state index in [0.717, 1.165) is 29.7 Å². The molecule has 0 unspecified atom stereocenters. The number of nitrogens with zero attached hydrogens (tertiary/aromatic N) is 3. The molecule has 0 fully saturated rings. The number of hydrazone groups is 1. The normalized spacial score (nSPS) is 12.8. The van der Waals surface area contributed by atoms with Crippen molar-refractivity contribution in [2.24, 2.45) is 5.10 Å². The van der Waals surface area contributed by atoms with E-state index in [-0.39, 0.29) is 5.69 Å². The molecule has 3 aromatic rings. The molecule has 28 heavy (non-hydrogen) atoms. The zero-order valence-corrected chi connectivity index (χ0v) is 15.1. The smallest absolute Gasteiger partial charge is 0.272 e. The monoisotopic (exact) mass is 375 g/mol. The van der Waals surface area contributed by atoms with Crippen LogP contribution in [-0.2, 0) is 12.8 Å². The summed E-state index contributed by atoms with van der Waals surface area (Å²) in [6, 6.07) is 14.1. The van der Waals surface area contributed by atoms with Gasteiger partial charge in [-0.15, -0.1) is 0 Å². The molecule has 8 heteroatoms. The molecule has 4 rings (SSSR count). The van der Waals surface area contributed by atoms with Crippen molar-refractivity contribution in [2.45, 2.75) is 19.8 Å². The van der Waals surface area contributed by atoms with E-state index in [0.29, 0.717) is 17.0 Å². The molecular weight excluding hydrogens is 358 g/mol. The van der Waals surface area contributed by atoms with Gasteiger partial charge in [0, 0.05) is 28.8 Å². The van der Waals surface area contributed by atoms with Crippen molar-refractivity contribution in [2.75, 3.05) is 0 Å². The molecule has 140 valence electrons. The van der Waals surface area contributed by atoms with E-state index < -0.39 is 10.8 Å². The molecule has 0 spiro atoms. The SMILES string of the molecule is C/C(=N\NC(=O)c1[nH]nc2c1CCc1ccccc1-2)c1cccc([N+](=O)[O-])c1. The predicted molar refractivity (Wildman–Crippen MR) is 104 cm³/mol. The van der Waals surface area contributed by atoms with Gasteiger partial charge in [0.15, 0.2) is 0 Å². The Morgan fingerprint density at radius 1 is 1.21 bits per heavy atom. The fourth-order valence-electron chi connectivity index (χ4n) is 3.35. The lowest BCUT2D eigenvalue weighted by molar-refractivity contribution is -0.384. The van der Waals surface area contributed by atoms with Crippen LogP contribution in [0, 0.1) is 10.1 Å². The largest absolute Gasteiger partial charge is 0.289 e. The number of nitro benzene ring substituents is 1. The molecule has 0 saturated carbocycles. The Morgan fingerprint density at radius 3 is 2.86 bits per heavy atom. The quantitative estimate of drug-likeness (QED) is 0.414.